The molecule has 0 bridgehead atoms. The molecule has 2 heterocycles. The van der Waals surface area contributed by atoms with E-state index in [0.717, 1.165) is 36.2 Å². The second kappa shape index (κ2) is 6.09. The topological polar surface area (TPSA) is 37.3 Å². The highest BCUT2D eigenvalue weighted by Gasteiger charge is 2.27. The van der Waals surface area contributed by atoms with Crippen LogP contribution in [0.2, 0.25) is 0 Å². The van der Waals surface area contributed by atoms with Crippen LogP contribution in [0.3, 0.4) is 0 Å². The summed E-state index contributed by atoms with van der Waals surface area (Å²) in [4.78, 5) is 14.6. The second-order valence-corrected chi connectivity index (χ2v) is 6.33. The molecule has 0 spiro atoms. The molecule has 2 atom stereocenters. The van der Waals surface area contributed by atoms with Crippen molar-refractivity contribution in [2.24, 2.45) is 0 Å². The minimum atomic E-state index is 0.138. The Bertz CT molecular complexity index is 448. The highest BCUT2D eigenvalue weighted by Crippen LogP contribution is 2.18. The number of nitrogens with zero attached hydrogens (tertiary/aromatic N) is 2. The molecule has 1 N–H and O–H groups in total. The maximum absolute atomic E-state index is 12.7. The number of rotatable bonds is 3. The van der Waals surface area contributed by atoms with Gasteiger partial charge in [0.25, 0.3) is 5.91 Å². The standard InChI is InChI=1S/C14H22BrN3O/c1-4-5-17-9-12(15)6-13(17)14(19)18-7-10(2)16-11(3)8-18/h6,9-11,16H,4-5,7-8H2,1-3H3. The summed E-state index contributed by atoms with van der Waals surface area (Å²) in [5.74, 6) is 0.138. The Kier molecular flexibility index (Phi) is 4.68. The van der Waals surface area contributed by atoms with Crippen LogP contribution in [0.15, 0.2) is 16.7 Å². The molecular weight excluding hydrogens is 306 g/mol. The smallest absolute Gasteiger partial charge is 0.270 e. The van der Waals surface area contributed by atoms with E-state index in [-0.39, 0.29) is 5.91 Å². The van der Waals surface area contributed by atoms with Gasteiger partial charge in [-0.25, -0.2) is 0 Å². The van der Waals surface area contributed by atoms with Gasteiger partial charge in [-0.2, -0.15) is 0 Å². The van der Waals surface area contributed by atoms with Gasteiger partial charge in [-0.15, -0.1) is 0 Å². The first kappa shape index (κ1) is 14.6. The number of carbonyl (C=O) groups excluding carboxylic acids is 1. The van der Waals surface area contributed by atoms with E-state index in [2.05, 4.69) is 42.0 Å². The average Bonchev–Trinajstić information content (AvgIpc) is 2.68. The molecular formula is C14H22BrN3O. The van der Waals surface area contributed by atoms with Gasteiger partial charge < -0.3 is 14.8 Å². The van der Waals surface area contributed by atoms with Gasteiger partial charge in [0.2, 0.25) is 0 Å². The Morgan fingerprint density at radius 3 is 2.63 bits per heavy atom. The molecule has 1 aliphatic rings. The highest BCUT2D eigenvalue weighted by molar-refractivity contribution is 9.10. The third-order valence-corrected chi connectivity index (χ3v) is 3.83. The quantitative estimate of drug-likeness (QED) is 0.926. The van der Waals surface area contributed by atoms with Crippen LogP contribution in [-0.4, -0.2) is 40.5 Å². The maximum Gasteiger partial charge on any atom is 0.270 e. The lowest BCUT2D eigenvalue weighted by atomic mass is 10.1. The van der Waals surface area contributed by atoms with Crippen molar-refractivity contribution in [2.75, 3.05) is 13.1 Å². The summed E-state index contributed by atoms with van der Waals surface area (Å²) in [5.41, 5.74) is 0.787. The fourth-order valence-corrected chi connectivity index (χ4v) is 3.20. The SMILES string of the molecule is CCCn1cc(Br)cc1C(=O)N1CC(C)NC(C)C1. The van der Waals surface area contributed by atoms with E-state index in [4.69, 9.17) is 0 Å². The highest BCUT2D eigenvalue weighted by atomic mass is 79.9. The maximum atomic E-state index is 12.7. The van der Waals surface area contributed by atoms with Crippen molar-refractivity contribution in [3.63, 3.8) is 0 Å². The van der Waals surface area contributed by atoms with Crippen LogP contribution in [0.5, 0.6) is 0 Å². The van der Waals surface area contributed by atoms with Crippen molar-refractivity contribution in [1.82, 2.24) is 14.8 Å². The molecule has 1 fully saturated rings. The van der Waals surface area contributed by atoms with Crippen LogP contribution >= 0.6 is 15.9 Å². The van der Waals surface area contributed by atoms with Crippen LogP contribution in [0.4, 0.5) is 0 Å². The zero-order valence-electron chi connectivity index (χ0n) is 11.8. The molecule has 4 nitrogen and oxygen atoms in total. The molecule has 0 aliphatic carbocycles. The average molecular weight is 328 g/mol. The molecule has 1 amide bonds. The van der Waals surface area contributed by atoms with Gasteiger partial charge in [0, 0.05) is 42.4 Å². The predicted octanol–water partition coefficient (Wildman–Crippen LogP) is 2.48. The lowest BCUT2D eigenvalue weighted by Crippen LogP contribution is -2.56. The van der Waals surface area contributed by atoms with E-state index in [1.807, 2.05) is 21.7 Å². The third kappa shape index (κ3) is 3.39. The van der Waals surface area contributed by atoms with Gasteiger partial charge in [0.05, 0.1) is 0 Å². The summed E-state index contributed by atoms with van der Waals surface area (Å²) in [6.07, 6.45) is 3.02. The van der Waals surface area contributed by atoms with E-state index >= 15 is 0 Å². The van der Waals surface area contributed by atoms with E-state index in [9.17, 15) is 4.79 Å². The summed E-state index contributed by atoms with van der Waals surface area (Å²) < 4.78 is 3.02. The summed E-state index contributed by atoms with van der Waals surface area (Å²) in [7, 11) is 0. The van der Waals surface area contributed by atoms with Crippen molar-refractivity contribution >= 4 is 21.8 Å². The second-order valence-electron chi connectivity index (χ2n) is 5.42. The Labute approximate surface area is 123 Å². The first-order valence-corrected chi connectivity index (χ1v) is 7.71. The Morgan fingerprint density at radius 1 is 1.42 bits per heavy atom. The third-order valence-electron chi connectivity index (χ3n) is 3.39. The number of carbonyl (C=O) groups is 1. The normalized spacial score (nSPS) is 23.7. The van der Waals surface area contributed by atoms with Crippen LogP contribution in [0.25, 0.3) is 0 Å². The first-order chi connectivity index (χ1) is 9.01. The Morgan fingerprint density at radius 2 is 2.05 bits per heavy atom. The molecule has 1 saturated heterocycles. The number of piperazine rings is 1. The van der Waals surface area contributed by atoms with Crippen LogP contribution in [0, 0.1) is 0 Å². The Balaban J connectivity index is 2.18. The number of aromatic nitrogens is 1. The molecule has 2 unspecified atom stereocenters. The van der Waals surface area contributed by atoms with Crippen molar-refractivity contribution in [2.45, 2.75) is 45.8 Å². The van der Waals surface area contributed by atoms with Gasteiger partial charge in [-0.05, 0) is 42.3 Å². The fraction of sp³-hybridized carbons (Fsp3) is 0.643. The van der Waals surface area contributed by atoms with Crippen molar-refractivity contribution in [3.8, 4) is 0 Å². The minimum absolute atomic E-state index is 0.138. The summed E-state index contributed by atoms with van der Waals surface area (Å²) in [6, 6.07) is 2.63. The molecule has 106 valence electrons. The summed E-state index contributed by atoms with van der Waals surface area (Å²) >= 11 is 3.47. The molecule has 0 aromatic carbocycles. The number of hydrogen-bond donors (Lipinski definition) is 1. The van der Waals surface area contributed by atoms with Gasteiger partial charge in [-0.1, -0.05) is 6.92 Å². The van der Waals surface area contributed by atoms with Crippen LogP contribution in [0.1, 0.15) is 37.7 Å². The minimum Gasteiger partial charge on any atom is -0.342 e. The van der Waals surface area contributed by atoms with Crippen LogP contribution < -0.4 is 5.32 Å². The first-order valence-electron chi connectivity index (χ1n) is 6.92. The fourth-order valence-electron chi connectivity index (χ4n) is 2.73. The van der Waals surface area contributed by atoms with E-state index in [0.29, 0.717) is 12.1 Å². The number of hydrogen-bond acceptors (Lipinski definition) is 2. The molecule has 2 rings (SSSR count). The summed E-state index contributed by atoms with van der Waals surface area (Å²) in [5, 5.41) is 3.45. The van der Waals surface area contributed by atoms with Gasteiger partial charge in [-0.3, -0.25) is 4.79 Å². The van der Waals surface area contributed by atoms with Crippen molar-refractivity contribution in [1.29, 1.82) is 0 Å². The number of aryl methyl sites for hydroxylation is 1. The van der Waals surface area contributed by atoms with E-state index < -0.39 is 0 Å². The molecule has 1 aromatic rings. The summed E-state index contributed by atoms with van der Waals surface area (Å²) in [6.45, 7) is 8.80. The number of nitrogens with one attached hydrogen (secondary N) is 1. The van der Waals surface area contributed by atoms with Crippen molar-refractivity contribution < 1.29 is 4.79 Å². The van der Waals surface area contributed by atoms with Gasteiger partial charge in [0.1, 0.15) is 5.69 Å². The molecule has 1 aliphatic heterocycles. The predicted molar refractivity (Wildman–Crippen MR) is 80.4 cm³/mol. The number of halogens is 1. The lowest BCUT2D eigenvalue weighted by Gasteiger charge is -2.36. The van der Waals surface area contributed by atoms with Gasteiger partial charge >= 0.3 is 0 Å². The van der Waals surface area contributed by atoms with Crippen LogP contribution in [-0.2, 0) is 6.54 Å². The lowest BCUT2D eigenvalue weighted by molar-refractivity contribution is 0.0662. The monoisotopic (exact) mass is 327 g/mol. The zero-order valence-corrected chi connectivity index (χ0v) is 13.4. The van der Waals surface area contributed by atoms with E-state index in [1.54, 1.807) is 0 Å². The molecule has 0 saturated carbocycles. The van der Waals surface area contributed by atoms with Crippen molar-refractivity contribution in [3.05, 3.63) is 22.4 Å². The molecule has 1 aromatic heterocycles. The Hall–Kier alpha value is -0.810. The zero-order chi connectivity index (χ0) is 14.0. The molecule has 19 heavy (non-hydrogen) atoms. The molecule has 0 radical (unpaired) electrons. The largest absolute Gasteiger partial charge is 0.342 e. The molecule has 5 heteroatoms. The van der Waals surface area contributed by atoms with E-state index in [1.165, 1.54) is 0 Å². The van der Waals surface area contributed by atoms with Gasteiger partial charge in [0.15, 0.2) is 0 Å². The number of amides is 1.